The van der Waals surface area contributed by atoms with Gasteiger partial charge in [-0.1, -0.05) is 24.6 Å². The molecule has 1 N–H and O–H groups in total. The second-order valence-corrected chi connectivity index (χ2v) is 11.2. The molecule has 0 bridgehead atoms. The summed E-state index contributed by atoms with van der Waals surface area (Å²) in [7, 11) is 3.43. The van der Waals surface area contributed by atoms with E-state index in [9.17, 15) is 14.4 Å². The number of nitrogens with one attached hydrogen (secondary N) is 1. The Morgan fingerprint density at radius 3 is 2.53 bits per heavy atom. The first-order chi connectivity index (χ1) is 17.2. The van der Waals surface area contributed by atoms with Crippen molar-refractivity contribution in [1.82, 2.24) is 0 Å². The third-order valence-corrected chi connectivity index (χ3v) is 9.50. The summed E-state index contributed by atoms with van der Waals surface area (Å²) in [5, 5.41) is 3.20. The quantitative estimate of drug-likeness (QED) is 0.555. The van der Waals surface area contributed by atoms with Crippen molar-refractivity contribution in [2.75, 3.05) is 26.1 Å². The lowest BCUT2D eigenvalue weighted by Crippen LogP contribution is -2.58. The number of methoxy groups -OCH3 is 1. The van der Waals surface area contributed by atoms with Gasteiger partial charge in [0.15, 0.2) is 11.4 Å². The molecule has 1 aromatic rings. The number of carbonyl (C=O) groups is 3. The van der Waals surface area contributed by atoms with E-state index in [4.69, 9.17) is 9.47 Å². The Morgan fingerprint density at radius 1 is 1.11 bits per heavy atom. The summed E-state index contributed by atoms with van der Waals surface area (Å²) in [4.78, 5) is 38.3. The molecule has 6 nitrogen and oxygen atoms in total. The van der Waals surface area contributed by atoms with Gasteiger partial charge in [-0.15, -0.1) is 0 Å². The number of allylic oxidation sites excluding steroid dienone is 4. The number of ketones is 2. The van der Waals surface area contributed by atoms with E-state index in [1.807, 2.05) is 13.1 Å². The minimum absolute atomic E-state index is 0.0647. The molecule has 5 rings (SSSR count). The molecule has 0 spiro atoms. The second-order valence-electron chi connectivity index (χ2n) is 11.2. The van der Waals surface area contributed by atoms with Crippen LogP contribution in [0.15, 0.2) is 47.1 Å². The maximum absolute atomic E-state index is 13.6. The van der Waals surface area contributed by atoms with Crippen molar-refractivity contribution in [2.24, 2.45) is 17.3 Å². The first-order valence-electron chi connectivity index (χ1n) is 13.2. The maximum atomic E-state index is 13.6. The van der Waals surface area contributed by atoms with Gasteiger partial charge in [0, 0.05) is 44.5 Å². The van der Waals surface area contributed by atoms with E-state index in [-0.39, 0.29) is 30.0 Å². The first-order valence-corrected chi connectivity index (χ1v) is 13.2. The van der Waals surface area contributed by atoms with Crippen molar-refractivity contribution in [1.29, 1.82) is 0 Å². The number of rotatable bonds is 6. The molecule has 2 fully saturated rings. The van der Waals surface area contributed by atoms with Gasteiger partial charge >= 0.3 is 5.97 Å². The van der Waals surface area contributed by atoms with Crippen LogP contribution in [0.4, 0.5) is 5.69 Å². The number of benzene rings is 1. The zero-order valence-electron chi connectivity index (χ0n) is 21.8. The molecular weight excluding hydrogens is 454 g/mol. The summed E-state index contributed by atoms with van der Waals surface area (Å²) in [6, 6.07) is 8.54. The molecule has 5 atom stereocenters. The lowest BCUT2D eigenvalue weighted by Gasteiger charge is -2.55. The van der Waals surface area contributed by atoms with E-state index < -0.39 is 17.0 Å². The van der Waals surface area contributed by atoms with Crippen molar-refractivity contribution < 1.29 is 23.9 Å². The van der Waals surface area contributed by atoms with Crippen LogP contribution in [-0.4, -0.2) is 43.9 Å². The lowest BCUT2D eigenvalue weighted by molar-refractivity contribution is -0.185. The van der Waals surface area contributed by atoms with E-state index >= 15 is 0 Å². The highest BCUT2D eigenvalue weighted by Gasteiger charge is 2.68. The summed E-state index contributed by atoms with van der Waals surface area (Å²) in [6.07, 6.45) is 7.16. The second kappa shape index (κ2) is 9.29. The number of carbonyl (C=O) groups excluding carboxylic acids is 3. The molecule has 0 aliphatic heterocycles. The molecule has 36 heavy (non-hydrogen) atoms. The van der Waals surface area contributed by atoms with Gasteiger partial charge in [0.05, 0.1) is 0 Å². The number of hydrogen-bond acceptors (Lipinski definition) is 6. The molecule has 0 unspecified atom stereocenters. The van der Waals surface area contributed by atoms with Crippen LogP contribution in [0, 0.1) is 17.3 Å². The number of esters is 1. The summed E-state index contributed by atoms with van der Waals surface area (Å²) >= 11 is 0. The normalized spacial score (nSPS) is 33.3. The standard InChI is InChI=1S/C30H37NO5/c1-18(32)36-30(27(34)17-35-4)14-13-26-24-11-7-20-15-22(33)10-12-23(20)28(24)25(16-29(26,30)2)19-5-8-21(31-3)9-6-19/h5-6,8-9,15,24-26,31H,7,10-14,16-17H2,1-4H3/t24-,25+,26-,29-,30-/m0/s1. The van der Waals surface area contributed by atoms with Crippen LogP contribution < -0.4 is 5.32 Å². The highest BCUT2D eigenvalue weighted by Crippen LogP contribution is 2.67. The molecule has 2 saturated carbocycles. The highest BCUT2D eigenvalue weighted by atomic mass is 16.6. The van der Waals surface area contributed by atoms with Crippen molar-refractivity contribution in [3.63, 3.8) is 0 Å². The van der Waals surface area contributed by atoms with E-state index in [1.54, 1.807) is 0 Å². The molecule has 4 aliphatic rings. The fourth-order valence-corrected chi connectivity index (χ4v) is 8.00. The highest BCUT2D eigenvalue weighted by molar-refractivity contribution is 5.93. The fraction of sp³-hybridized carbons (Fsp3) is 0.567. The Kier molecular flexibility index (Phi) is 6.44. The van der Waals surface area contributed by atoms with Gasteiger partial charge < -0.3 is 14.8 Å². The van der Waals surface area contributed by atoms with Gasteiger partial charge in [0.25, 0.3) is 0 Å². The van der Waals surface area contributed by atoms with Gasteiger partial charge in [0.1, 0.15) is 6.61 Å². The smallest absolute Gasteiger partial charge is 0.303 e. The molecule has 6 heteroatoms. The fourth-order valence-electron chi connectivity index (χ4n) is 8.00. The van der Waals surface area contributed by atoms with Crippen LogP contribution >= 0.6 is 0 Å². The Morgan fingerprint density at radius 2 is 1.86 bits per heavy atom. The van der Waals surface area contributed by atoms with Gasteiger partial charge in [-0.25, -0.2) is 0 Å². The largest absolute Gasteiger partial charge is 0.451 e. The number of fused-ring (bicyclic) bond motifs is 4. The molecule has 0 radical (unpaired) electrons. The van der Waals surface area contributed by atoms with Gasteiger partial charge in [0.2, 0.25) is 5.78 Å². The number of hydrogen-bond donors (Lipinski definition) is 1. The Bertz CT molecular complexity index is 1150. The van der Waals surface area contributed by atoms with Crippen LogP contribution in [0.5, 0.6) is 0 Å². The number of Topliss-reactive ketones (excluding diaryl/α,β-unsaturated/α-hetero) is 1. The SMILES string of the molecule is CNc1ccc([C@H]2C[C@@]3(C)[C@@H](CC[C@]3(OC(C)=O)C(=O)COC)[C@@H]3CCC4=CC(=O)CCC4=C32)cc1. The monoisotopic (exact) mass is 491 g/mol. The Hall–Kier alpha value is -2.73. The predicted octanol–water partition coefficient (Wildman–Crippen LogP) is 5.15. The van der Waals surface area contributed by atoms with Crippen LogP contribution in [0.2, 0.25) is 0 Å². The molecule has 0 aromatic heterocycles. The topological polar surface area (TPSA) is 81.7 Å². The molecular formula is C30H37NO5. The van der Waals surface area contributed by atoms with Gasteiger partial charge in [-0.3, -0.25) is 14.4 Å². The molecule has 1 aromatic carbocycles. The Balaban J connectivity index is 1.68. The molecule has 192 valence electrons. The third kappa shape index (κ3) is 3.76. The number of anilines is 1. The summed E-state index contributed by atoms with van der Waals surface area (Å²) in [5.74, 6) is 0.295. The first kappa shape index (κ1) is 24.9. The minimum atomic E-state index is -1.18. The van der Waals surface area contributed by atoms with Crippen molar-refractivity contribution >= 4 is 23.2 Å². The number of ether oxygens (including phenoxy) is 2. The van der Waals surface area contributed by atoms with Crippen LogP contribution in [0.1, 0.15) is 70.3 Å². The third-order valence-electron chi connectivity index (χ3n) is 9.50. The maximum Gasteiger partial charge on any atom is 0.303 e. The van der Waals surface area contributed by atoms with Crippen LogP contribution in [0.25, 0.3) is 0 Å². The summed E-state index contributed by atoms with van der Waals surface area (Å²) in [6.45, 7) is 3.51. The average molecular weight is 492 g/mol. The minimum Gasteiger partial charge on any atom is -0.451 e. The van der Waals surface area contributed by atoms with Gasteiger partial charge in [-0.2, -0.15) is 0 Å². The molecule has 4 aliphatic carbocycles. The van der Waals surface area contributed by atoms with Crippen molar-refractivity contribution in [3.8, 4) is 0 Å². The van der Waals surface area contributed by atoms with E-state index in [0.29, 0.717) is 18.8 Å². The lowest BCUT2D eigenvalue weighted by atomic mass is 9.50. The van der Waals surface area contributed by atoms with Crippen LogP contribution in [-0.2, 0) is 23.9 Å². The summed E-state index contributed by atoms with van der Waals surface area (Å²) < 4.78 is 11.3. The average Bonchev–Trinajstić information content (AvgIpc) is 3.15. The van der Waals surface area contributed by atoms with Crippen molar-refractivity contribution in [2.45, 2.75) is 70.3 Å². The molecule has 0 amide bonds. The van der Waals surface area contributed by atoms with Gasteiger partial charge in [-0.05, 0) is 85.3 Å². The van der Waals surface area contributed by atoms with E-state index in [2.05, 4.69) is 36.5 Å². The van der Waals surface area contributed by atoms with Crippen LogP contribution in [0.3, 0.4) is 0 Å². The Labute approximate surface area is 213 Å². The predicted molar refractivity (Wildman–Crippen MR) is 138 cm³/mol. The zero-order valence-corrected chi connectivity index (χ0v) is 21.8. The molecule has 0 saturated heterocycles. The summed E-state index contributed by atoms with van der Waals surface area (Å²) in [5.41, 5.74) is 4.59. The van der Waals surface area contributed by atoms with Crippen molar-refractivity contribution in [3.05, 3.63) is 52.6 Å². The van der Waals surface area contributed by atoms with E-state index in [0.717, 1.165) is 37.8 Å². The van der Waals surface area contributed by atoms with E-state index in [1.165, 1.54) is 36.3 Å². The zero-order chi connectivity index (χ0) is 25.7. The molecule has 0 heterocycles.